The Balaban J connectivity index is 0.00000312. The molecule has 236 valence electrons. The van der Waals surface area contributed by atoms with E-state index in [9.17, 15) is 41.3 Å². The third-order valence-electron chi connectivity index (χ3n) is 6.93. The van der Waals surface area contributed by atoms with Crippen molar-refractivity contribution in [3.8, 4) is 28.4 Å². The van der Waals surface area contributed by atoms with Gasteiger partial charge < -0.3 is 21.1 Å². The SMILES string of the molecule is Cc1cc(-c2ccc(N=Nc3c(S(=O)(=O)O)cc4cc(S(=O)(=O)O)cc(N)c4c3[O-])c(C)c2)ccc1N=Nc1cccc(O)c1[O-].[Na+].[Na+]. The summed E-state index contributed by atoms with van der Waals surface area (Å²) in [7, 11) is -9.79. The second-order valence-electron chi connectivity index (χ2n) is 10.1. The monoisotopic (exact) mass is 707 g/mol. The van der Waals surface area contributed by atoms with E-state index in [-0.39, 0.29) is 86.9 Å². The number of benzene rings is 5. The average molecular weight is 708 g/mol. The number of para-hydroxylation sites is 1. The first-order valence-corrected chi connectivity index (χ1v) is 16.0. The maximum absolute atomic E-state index is 13.3. The molecular weight excluding hydrogens is 684 g/mol. The summed E-state index contributed by atoms with van der Waals surface area (Å²) in [4.78, 5) is -1.61. The molecule has 0 atom stereocenters. The fourth-order valence-electron chi connectivity index (χ4n) is 4.61. The van der Waals surface area contributed by atoms with Crippen LogP contribution in [0.4, 0.5) is 28.4 Å². The van der Waals surface area contributed by atoms with Crippen molar-refractivity contribution < 1.29 is 100 Å². The zero-order chi connectivity index (χ0) is 33.6. The number of phenols is 1. The quantitative estimate of drug-likeness (QED) is 0.0756. The molecule has 0 unspecified atom stereocenters. The minimum atomic E-state index is -5.05. The van der Waals surface area contributed by atoms with Gasteiger partial charge in [0.2, 0.25) is 0 Å². The summed E-state index contributed by atoms with van der Waals surface area (Å²) < 4.78 is 66.7. The summed E-state index contributed by atoms with van der Waals surface area (Å²) in [5.74, 6) is -2.09. The molecule has 0 aliphatic carbocycles. The first kappa shape index (κ1) is 39.0. The Labute approximate surface area is 319 Å². The van der Waals surface area contributed by atoms with Gasteiger partial charge in [-0.2, -0.15) is 32.2 Å². The van der Waals surface area contributed by atoms with Crippen molar-refractivity contribution in [2.75, 3.05) is 5.73 Å². The van der Waals surface area contributed by atoms with E-state index in [4.69, 9.17) is 5.73 Å². The number of azo groups is 2. The van der Waals surface area contributed by atoms with Crippen molar-refractivity contribution in [2.24, 2.45) is 20.5 Å². The third-order valence-corrected chi connectivity index (χ3v) is 8.63. The van der Waals surface area contributed by atoms with Crippen molar-refractivity contribution >= 4 is 59.4 Å². The van der Waals surface area contributed by atoms with Gasteiger partial charge in [0.25, 0.3) is 20.2 Å². The molecule has 0 aromatic heterocycles. The predicted molar refractivity (Wildman–Crippen MR) is 165 cm³/mol. The van der Waals surface area contributed by atoms with Crippen LogP contribution in [0.15, 0.2) is 103 Å². The number of fused-ring (bicyclic) bond motifs is 1. The fraction of sp³-hybridized carbons (Fsp3) is 0.0667. The molecule has 0 bridgehead atoms. The van der Waals surface area contributed by atoms with Crippen molar-refractivity contribution in [1.82, 2.24) is 0 Å². The van der Waals surface area contributed by atoms with Gasteiger partial charge in [0, 0.05) is 5.69 Å². The van der Waals surface area contributed by atoms with Crippen LogP contribution in [-0.2, 0) is 20.2 Å². The van der Waals surface area contributed by atoms with E-state index in [0.717, 1.165) is 34.9 Å². The van der Waals surface area contributed by atoms with Crippen LogP contribution in [0.3, 0.4) is 0 Å². The molecule has 0 aliphatic rings. The summed E-state index contributed by atoms with van der Waals surface area (Å²) in [6.07, 6.45) is 0. The van der Waals surface area contributed by atoms with E-state index >= 15 is 0 Å². The third kappa shape index (κ3) is 8.23. The number of rotatable bonds is 7. The standard InChI is InChI=1S/C30H25N5O9S2.2Na/c1-15-10-17(6-8-22(15)32-34-24-4-3-5-25(36)29(24)37)18-7-9-23(16(2)11-18)33-35-28-26(46(42,43)44)13-19-12-20(45(39,40)41)14-21(31)27(19)30(28)38;;/h3-14,36-38H,31H2,1-2H3,(H,39,40,41)(H,42,43,44);;/q;2*+1/p-2. The fourth-order valence-corrected chi connectivity index (χ4v) is 5.82. The van der Waals surface area contributed by atoms with E-state index in [2.05, 4.69) is 20.5 Å². The molecular formula is C30H23N5Na2O9S2. The summed E-state index contributed by atoms with van der Waals surface area (Å²) >= 11 is 0. The minimum Gasteiger partial charge on any atom is -0.870 e. The largest absolute Gasteiger partial charge is 1.00 e. The molecule has 0 spiro atoms. The number of nitrogen functional groups attached to an aromatic ring is 1. The van der Waals surface area contributed by atoms with Gasteiger partial charge in [-0.15, -0.1) is 5.11 Å². The number of nitrogens with two attached hydrogens (primary N) is 1. The second-order valence-corrected chi connectivity index (χ2v) is 13.0. The molecule has 0 fully saturated rings. The van der Waals surface area contributed by atoms with E-state index in [1.165, 1.54) is 18.2 Å². The molecule has 5 N–H and O–H groups in total. The summed E-state index contributed by atoms with van der Waals surface area (Å²) in [6.45, 7) is 3.52. The Morgan fingerprint density at radius 2 is 1.21 bits per heavy atom. The normalized spacial score (nSPS) is 11.9. The van der Waals surface area contributed by atoms with Crippen LogP contribution >= 0.6 is 0 Å². The second kappa shape index (κ2) is 15.0. The Kier molecular flexibility index (Phi) is 12.2. The van der Waals surface area contributed by atoms with Crippen molar-refractivity contribution in [2.45, 2.75) is 23.6 Å². The van der Waals surface area contributed by atoms with E-state index in [0.29, 0.717) is 11.3 Å². The van der Waals surface area contributed by atoms with Gasteiger partial charge in [-0.1, -0.05) is 23.9 Å². The minimum absolute atomic E-state index is 0. The zero-order valence-corrected chi connectivity index (χ0v) is 31.5. The van der Waals surface area contributed by atoms with Crippen molar-refractivity contribution in [3.63, 3.8) is 0 Å². The predicted octanol–water partition coefficient (Wildman–Crippen LogP) is -0.109. The number of anilines is 1. The topological polar surface area (TPSA) is 251 Å². The Hall–Kier alpha value is -3.42. The molecule has 18 heteroatoms. The maximum Gasteiger partial charge on any atom is 1.00 e. The van der Waals surface area contributed by atoms with Gasteiger partial charge in [-0.05, 0) is 107 Å². The average Bonchev–Trinajstić information content (AvgIpc) is 2.97. The van der Waals surface area contributed by atoms with Crippen LogP contribution in [0.25, 0.3) is 21.9 Å². The molecule has 0 heterocycles. The summed E-state index contributed by atoms with van der Waals surface area (Å²) in [6, 6.07) is 17.1. The van der Waals surface area contributed by atoms with E-state index < -0.39 is 53.0 Å². The number of hydrogen-bond donors (Lipinski definition) is 4. The Morgan fingerprint density at radius 1 is 0.667 bits per heavy atom. The van der Waals surface area contributed by atoms with E-state index in [1.54, 1.807) is 44.2 Å². The van der Waals surface area contributed by atoms with Crippen LogP contribution in [0.2, 0.25) is 0 Å². The van der Waals surface area contributed by atoms with Crippen LogP contribution in [0, 0.1) is 13.8 Å². The molecule has 0 saturated heterocycles. The zero-order valence-electron chi connectivity index (χ0n) is 25.9. The maximum atomic E-state index is 13.3. The number of aryl methyl sites for hydroxylation is 2. The molecule has 48 heavy (non-hydrogen) atoms. The molecule has 5 aromatic rings. The van der Waals surface area contributed by atoms with Gasteiger partial charge in [-0.3, -0.25) is 9.11 Å². The molecule has 5 rings (SSSR count). The van der Waals surface area contributed by atoms with Gasteiger partial charge in [-0.25, -0.2) is 0 Å². The number of hydrogen-bond acceptors (Lipinski definition) is 12. The Bertz CT molecular complexity index is 2350. The van der Waals surface area contributed by atoms with Crippen LogP contribution < -0.4 is 75.1 Å². The molecule has 14 nitrogen and oxygen atoms in total. The van der Waals surface area contributed by atoms with Crippen LogP contribution in [0.1, 0.15) is 11.1 Å². The smallest absolute Gasteiger partial charge is 0.870 e. The molecule has 0 saturated carbocycles. The molecule has 0 radical (unpaired) electrons. The molecule has 0 aliphatic heterocycles. The van der Waals surface area contributed by atoms with E-state index in [1.807, 2.05) is 6.07 Å². The first-order chi connectivity index (χ1) is 21.5. The van der Waals surface area contributed by atoms with Crippen molar-refractivity contribution in [3.05, 3.63) is 83.9 Å². The number of aromatic hydroxyl groups is 1. The van der Waals surface area contributed by atoms with Gasteiger partial charge in [0.05, 0.1) is 27.6 Å². The first-order valence-electron chi connectivity index (χ1n) is 13.1. The van der Waals surface area contributed by atoms with Crippen molar-refractivity contribution in [1.29, 1.82) is 0 Å². The van der Waals surface area contributed by atoms with Crippen LogP contribution in [0.5, 0.6) is 17.2 Å². The Morgan fingerprint density at radius 3 is 1.73 bits per heavy atom. The van der Waals surface area contributed by atoms with Gasteiger partial charge >= 0.3 is 59.1 Å². The number of phenolic OH excluding ortho intramolecular Hbond substituents is 1. The molecule has 0 amide bonds. The summed E-state index contributed by atoms with van der Waals surface area (Å²) in [5.41, 5.74) is 8.42. The van der Waals surface area contributed by atoms with Gasteiger partial charge in [0.15, 0.2) is 0 Å². The summed E-state index contributed by atoms with van der Waals surface area (Å²) in [5, 5.41) is 50.2. The van der Waals surface area contributed by atoms with Crippen LogP contribution in [-0.4, -0.2) is 31.0 Å². The number of nitrogens with zero attached hydrogens (tertiary/aromatic N) is 4. The van der Waals surface area contributed by atoms with Gasteiger partial charge in [0.1, 0.15) is 10.6 Å². The molecule has 5 aromatic carbocycles.